The number of hydrogen-bond acceptors (Lipinski definition) is 4. The van der Waals surface area contributed by atoms with E-state index in [4.69, 9.17) is 14.2 Å². The molecule has 0 unspecified atom stereocenters. The summed E-state index contributed by atoms with van der Waals surface area (Å²) < 4.78 is 15.8. The molecular weight excluding hydrogens is 230 g/mol. The maximum absolute atomic E-state index is 5.38. The highest BCUT2D eigenvalue weighted by Crippen LogP contribution is 2.26. The van der Waals surface area contributed by atoms with E-state index in [0.717, 1.165) is 30.2 Å². The Bertz CT molecular complexity index is 355. The first-order valence-corrected chi connectivity index (χ1v) is 6.03. The third-order valence-corrected chi connectivity index (χ3v) is 2.96. The van der Waals surface area contributed by atoms with Crippen LogP contribution in [0.5, 0.6) is 11.5 Å². The number of nitrogens with one attached hydrogen (secondary N) is 1. The van der Waals surface area contributed by atoms with Crippen LogP contribution in [0.1, 0.15) is 20.3 Å². The maximum atomic E-state index is 5.38. The second kappa shape index (κ2) is 6.50. The Morgan fingerprint density at radius 1 is 1.00 bits per heavy atom. The fraction of sp³-hybridized carbons (Fsp3) is 0.571. The summed E-state index contributed by atoms with van der Waals surface area (Å²) in [6, 6.07) is 5.74. The van der Waals surface area contributed by atoms with Gasteiger partial charge in [0, 0.05) is 37.5 Å². The summed E-state index contributed by atoms with van der Waals surface area (Å²) in [6.45, 7) is 4.97. The summed E-state index contributed by atoms with van der Waals surface area (Å²) in [4.78, 5) is 0. The van der Waals surface area contributed by atoms with Crippen LogP contribution in [-0.4, -0.2) is 33.5 Å². The zero-order valence-corrected chi connectivity index (χ0v) is 11.9. The first-order valence-electron chi connectivity index (χ1n) is 6.03. The lowest BCUT2D eigenvalue weighted by Crippen LogP contribution is -2.25. The molecule has 0 bridgehead atoms. The summed E-state index contributed by atoms with van der Waals surface area (Å²) in [5.74, 6) is 1.56. The predicted molar refractivity (Wildman–Crippen MR) is 73.7 cm³/mol. The normalized spacial score (nSPS) is 11.2. The summed E-state index contributed by atoms with van der Waals surface area (Å²) >= 11 is 0. The van der Waals surface area contributed by atoms with Crippen LogP contribution in [-0.2, 0) is 4.74 Å². The van der Waals surface area contributed by atoms with Crippen molar-refractivity contribution in [2.45, 2.75) is 25.9 Å². The van der Waals surface area contributed by atoms with Gasteiger partial charge in [0.2, 0.25) is 0 Å². The van der Waals surface area contributed by atoms with Gasteiger partial charge < -0.3 is 19.5 Å². The first-order chi connectivity index (χ1) is 8.50. The molecule has 1 N–H and O–H groups in total. The molecule has 0 saturated heterocycles. The molecule has 4 heteroatoms. The summed E-state index contributed by atoms with van der Waals surface area (Å²) in [7, 11) is 5.02. The van der Waals surface area contributed by atoms with Crippen LogP contribution in [0, 0.1) is 0 Å². The minimum absolute atomic E-state index is 0.115. The smallest absolute Gasteiger partial charge is 0.124 e. The molecule has 4 nitrogen and oxygen atoms in total. The number of anilines is 1. The van der Waals surface area contributed by atoms with Gasteiger partial charge >= 0.3 is 0 Å². The lowest BCUT2D eigenvalue weighted by atomic mass is 10.1. The van der Waals surface area contributed by atoms with Gasteiger partial charge in [0.1, 0.15) is 11.5 Å². The van der Waals surface area contributed by atoms with Crippen molar-refractivity contribution in [2.24, 2.45) is 0 Å². The third kappa shape index (κ3) is 4.45. The van der Waals surface area contributed by atoms with Gasteiger partial charge in [-0.15, -0.1) is 0 Å². The van der Waals surface area contributed by atoms with Crippen molar-refractivity contribution in [3.05, 3.63) is 18.2 Å². The van der Waals surface area contributed by atoms with Crippen molar-refractivity contribution in [3.63, 3.8) is 0 Å². The second-order valence-electron chi connectivity index (χ2n) is 4.74. The molecule has 0 aliphatic heterocycles. The molecule has 1 aromatic carbocycles. The van der Waals surface area contributed by atoms with Gasteiger partial charge in [-0.1, -0.05) is 0 Å². The molecule has 0 aliphatic carbocycles. The number of methoxy groups -OCH3 is 3. The molecule has 0 aromatic heterocycles. The van der Waals surface area contributed by atoms with E-state index in [9.17, 15) is 0 Å². The Hall–Kier alpha value is -1.42. The van der Waals surface area contributed by atoms with E-state index in [0.29, 0.717) is 0 Å². The number of hydrogen-bond donors (Lipinski definition) is 1. The van der Waals surface area contributed by atoms with Gasteiger partial charge in [0.15, 0.2) is 0 Å². The zero-order valence-electron chi connectivity index (χ0n) is 11.9. The molecule has 0 aliphatic rings. The number of rotatable bonds is 7. The molecule has 0 heterocycles. The SMILES string of the molecule is COc1cc(NCCC(C)(C)OC)cc(OC)c1. The van der Waals surface area contributed by atoms with Crippen molar-refractivity contribution in [1.82, 2.24) is 0 Å². The largest absolute Gasteiger partial charge is 0.497 e. The van der Waals surface area contributed by atoms with Crippen LogP contribution in [0.2, 0.25) is 0 Å². The van der Waals surface area contributed by atoms with Gasteiger partial charge in [-0.25, -0.2) is 0 Å². The fourth-order valence-corrected chi connectivity index (χ4v) is 1.52. The van der Waals surface area contributed by atoms with Crippen molar-refractivity contribution >= 4 is 5.69 Å². The third-order valence-electron chi connectivity index (χ3n) is 2.96. The van der Waals surface area contributed by atoms with E-state index in [1.807, 2.05) is 18.2 Å². The molecule has 0 spiro atoms. The van der Waals surface area contributed by atoms with E-state index in [1.54, 1.807) is 21.3 Å². The van der Waals surface area contributed by atoms with E-state index in [-0.39, 0.29) is 5.60 Å². The molecule has 0 saturated carbocycles. The highest BCUT2D eigenvalue weighted by atomic mass is 16.5. The summed E-state index contributed by atoms with van der Waals surface area (Å²) in [5, 5.41) is 3.34. The molecule has 1 rings (SSSR count). The lowest BCUT2D eigenvalue weighted by Gasteiger charge is -2.23. The Morgan fingerprint density at radius 3 is 2.00 bits per heavy atom. The van der Waals surface area contributed by atoms with Gasteiger partial charge in [-0.05, 0) is 20.3 Å². The Balaban J connectivity index is 2.61. The Kier molecular flexibility index (Phi) is 5.28. The quantitative estimate of drug-likeness (QED) is 0.811. The average Bonchev–Trinajstić information content (AvgIpc) is 2.38. The van der Waals surface area contributed by atoms with Crippen LogP contribution < -0.4 is 14.8 Å². The number of benzene rings is 1. The molecule has 102 valence electrons. The molecule has 1 aromatic rings. The van der Waals surface area contributed by atoms with Crippen LogP contribution in [0.15, 0.2) is 18.2 Å². The van der Waals surface area contributed by atoms with Gasteiger partial charge in [-0.2, -0.15) is 0 Å². The minimum atomic E-state index is -0.115. The van der Waals surface area contributed by atoms with E-state index in [1.165, 1.54) is 0 Å². The summed E-state index contributed by atoms with van der Waals surface area (Å²) in [5.41, 5.74) is 0.869. The van der Waals surface area contributed by atoms with Crippen molar-refractivity contribution in [2.75, 3.05) is 33.2 Å². The van der Waals surface area contributed by atoms with Gasteiger partial charge in [0.05, 0.1) is 19.8 Å². The molecule has 18 heavy (non-hydrogen) atoms. The lowest BCUT2D eigenvalue weighted by molar-refractivity contribution is 0.0185. The molecular formula is C14H23NO3. The van der Waals surface area contributed by atoms with Gasteiger partial charge in [0.25, 0.3) is 0 Å². The monoisotopic (exact) mass is 253 g/mol. The molecule has 0 radical (unpaired) electrons. The van der Waals surface area contributed by atoms with E-state index in [2.05, 4.69) is 19.2 Å². The molecule has 0 amide bonds. The molecule has 0 atom stereocenters. The van der Waals surface area contributed by atoms with Crippen molar-refractivity contribution < 1.29 is 14.2 Å². The van der Waals surface area contributed by atoms with Crippen molar-refractivity contribution in [3.8, 4) is 11.5 Å². The van der Waals surface area contributed by atoms with Gasteiger partial charge in [-0.3, -0.25) is 0 Å². The Labute approximate surface area is 109 Å². The van der Waals surface area contributed by atoms with Crippen LogP contribution >= 0.6 is 0 Å². The maximum Gasteiger partial charge on any atom is 0.124 e. The highest BCUT2D eigenvalue weighted by molar-refractivity contribution is 5.53. The Morgan fingerprint density at radius 2 is 1.56 bits per heavy atom. The average molecular weight is 253 g/mol. The first kappa shape index (κ1) is 14.6. The van der Waals surface area contributed by atoms with Crippen LogP contribution in [0.3, 0.4) is 0 Å². The zero-order chi connectivity index (χ0) is 13.6. The van der Waals surface area contributed by atoms with E-state index < -0.39 is 0 Å². The second-order valence-corrected chi connectivity index (χ2v) is 4.74. The highest BCUT2D eigenvalue weighted by Gasteiger charge is 2.15. The predicted octanol–water partition coefficient (Wildman–Crippen LogP) is 2.93. The fourth-order valence-electron chi connectivity index (χ4n) is 1.52. The topological polar surface area (TPSA) is 39.7 Å². The summed E-state index contributed by atoms with van der Waals surface area (Å²) in [6.07, 6.45) is 0.920. The van der Waals surface area contributed by atoms with E-state index >= 15 is 0 Å². The minimum Gasteiger partial charge on any atom is -0.497 e. The number of ether oxygens (including phenoxy) is 3. The standard InChI is InChI=1S/C14H23NO3/c1-14(2,18-5)6-7-15-11-8-12(16-3)10-13(9-11)17-4/h8-10,15H,6-7H2,1-5H3. The van der Waals surface area contributed by atoms with Crippen LogP contribution in [0.25, 0.3) is 0 Å². The van der Waals surface area contributed by atoms with Crippen LogP contribution in [0.4, 0.5) is 5.69 Å². The van der Waals surface area contributed by atoms with Crippen molar-refractivity contribution in [1.29, 1.82) is 0 Å². The molecule has 0 fully saturated rings.